The molecule has 1 heterocycles. The topological polar surface area (TPSA) is 39.2 Å². The number of rotatable bonds is 4. The number of thiazole rings is 1. The first-order chi connectivity index (χ1) is 9.86. The van der Waals surface area contributed by atoms with Gasteiger partial charge in [-0.05, 0) is 45.4 Å². The number of halogens is 1. The molecule has 0 N–H and O–H groups in total. The normalized spacial score (nSPS) is 11.5. The van der Waals surface area contributed by atoms with Crippen LogP contribution in [-0.4, -0.2) is 17.6 Å². The lowest BCUT2D eigenvalue weighted by Gasteiger charge is -2.22. The Morgan fingerprint density at radius 1 is 1.33 bits per heavy atom. The van der Waals surface area contributed by atoms with Crippen LogP contribution >= 0.6 is 11.3 Å². The highest BCUT2D eigenvalue weighted by atomic mass is 32.1. The Morgan fingerprint density at radius 2 is 1.95 bits per heavy atom. The van der Waals surface area contributed by atoms with Crippen LogP contribution < -0.4 is 0 Å². The Bertz CT molecular complexity index is 647. The molecule has 0 bridgehead atoms. The lowest BCUT2D eigenvalue weighted by Crippen LogP contribution is -2.19. The van der Waals surface area contributed by atoms with Crippen LogP contribution in [0.3, 0.4) is 0 Å². The Morgan fingerprint density at radius 3 is 2.52 bits per heavy atom. The number of hydrogen-bond acceptors (Lipinski definition) is 4. The number of carbonyl (C=O) groups is 1. The maximum Gasteiger partial charge on any atom is 0.358 e. The van der Waals surface area contributed by atoms with Crippen molar-refractivity contribution in [3.05, 3.63) is 51.2 Å². The van der Waals surface area contributed by atoms with Crippen LogP contribution in [0.1, 0.15) is 46.7 Å². The first kappa shape index (κ1) is 15.6. The molecule has 2 aromatic rings. The number of esters is 1. The molecule has 0 amide bonds. The van der Waals surface area contributed by atoms with Crippen LogP contribution in [0.4, 0.5) is 4.39 Å². The lowest BCUT2D eigenvalue weighted by molar-refractivity contribution is 0.0519. The molecule has 1 aromatic carbocycles. The molecule has 2 rings (SSSR count). The number of aromatic nitrogens is 1. The molecule has 0 unspecified atom stereocenters. The van der Waals surface area contributed by atoms with E-state index in [0.29, 0.717) is 12.3 Å². The van der Waals surface area contributed by atoms with Gasteiger partial charge in [0, 0.05) is 10.3 Å². The zero-order valence-corrected chi connectivity index (χ0v) is 13.4. The predicted molar refractivity (Wildman–Crippen MR) is 81.3 cm³/mol. The van der Waals surface area contributed by atoms with Crippen molar-refractivity contribution in [2.45, 2.75) is 33.1 Å². The van der Waals surface area contributed by atoms with Gasteiger partial charge in [-0.15, -0.1) is 11.3 Å². The lowest BCUT2D eigenvalue weighted by atomic mass is 9.85. The molecular formula is C16H18FNO2S. The van der Waals surface area contributed by atoms with Gasteiger partial charge in [0.05, 0.1) is 6.61 Å². The van der Waals surface area contributed by atoms with E-state index in [1.807, 2.05) is 20.8 Å². The third-order valence-corrected chi connectivity index (χ3v) is 4.66. The zero-order chi connectivity index (χ0) is 15.6. The van der Waals surface area contributed by atoms with Gasteiger partial charge in [0.2, 0.25) is 0 Å². The molecule has 21 heavy (non-hydrogen) atoms. The molecule has 0 spiro atoms. The van der Waals surface area contributed by atoms with Crippen molar-refractivity contribution in [3.8, 4) is 0 Å². The summed E-state index contributed by atoms with van der Waals surface area (Å²) in [4.78, 5) is 17.1. The van der Waals surface area contributed by atoms with E-state index in [0.717, 1.165) is 15.4 Å². The second-order valence-corrected chi connectivity index (χ2v) is 6.48. The first-order valence-corrected chi connectivity index (χ1v) is 7.59. The highest BCUT2D eigenvalue weighted by molar-refractivity contribution is 7.12. The SMILES string of the molecule is CCOC(=O)c1nc(C(C)(C)c2ccc(F)cc2)sc1C. The zero-order valence-electron chi connectivity index (χ0n) is 12.6. The van der Waals surface area contributed by atoms with E-state index in [2.05, 4.69) is 4.98 Å². The Kier molecular flexibility index (Phi) is 4.42. The van der Waals surface area contributed by atoms with Gasteiger partial charge in [-0.2, -0.15) is 0 Å². The Labute approximate surface area is 127 Å². The second kappa shape index (κ2) is 5.93. The molecule has 0 fully saturated rings. The van der Waals surface area contributed by atoms with Crippen LogP contribution in [-0.2, 0) is 10.2 Å². The number of carbonyl (C=O) groups excluding carboxylic acids is 1. The van der Waals surface area contributed by atoms with Crippen LogP contribution in [0, 0.1) is 12.7 Å². The summed E-state index contributed by atoms with van der Waals surface area (Å²) in [7, 11) is 0. The molecule has 0 saturated heterocycles. The van der Waals surface area contributed by atoms with Gasteiger partial charge >= 0.3 is 5.97 Å². The fourth-order valence-electron chi connectivity index (χ4n) is 2.04. The minimum absolute atomic E-state index is 0.267. The van der Waals surface area contributed by atoms with Gasteiger partial charge in [0.1, 0.15) is 10.8 Å². The molecule has 0 atom stereocenters. The number of nitrogens with zero attached hydrogens (tertiary/aromatic N) is 1. The summed E-state index contributed by atoms with van der Waals surface area (Å²) in [6.07, 6.45) is 0. The molecule has 0 radical (unpaired) electrons. The maximum absolute atomic E-state index is 13.1. The van der Waals surface area contributed by atoms with Gasteiger partial charge in [-0.1, -0.05) is 12.1 Å². The van der Waals surface area contributed by atoms with Crippen molar-refractivity contribution < 1.29 is 13.9 Å². The van der Waals surface area contributed by atoms with Crippen LogP contribution in [0.15, 0.2) is 24.3 Å². The highest BCUT2D eigenvalue weighted by Gasteiger charge is 2.29. The van der Waals surface area contributed by atoms with Gasteiger partial charge in [0.25, 0.3) is 0 Å². The monoisotopic (exact) mass is 307 g/mol. The Balaban J connectivity index is 2.39. The number of ether oxygens (including phenoxy) is 1. The van der Waals surface area contributed by atoms with Crippen molar-refractivity contribution in [2.24, 2.45) is 0 Å². The highest BCUT2D eigenvalue weighted by Crippen LogP contribution is 2.35. The predicted octanol–water partition coefficient (Wildman–Crippen LogP) is 4.09. The summed E-state index contributed by atoms with van der Waals surface area (Å²) in [6.45, 7) is 7.96. The fourth-order valence-corrected chi connectivity index (χ4v) is 3.07. The maximum atomic E-state index is 13.1. The van der Waals surface area contributed by atoms with Crippen LogP contribution in [0.5, 0.6) is 0 Å². The molecule has 112 valence electrons. The van der Waals surface area contributed by atoms with Crippen molar-refractivity contribution in [2.75, 3.05) is 6.61 Å². The molecule has 3 nitrogen and oxygen atoms in total. The summed E-state index contributed by atoms with van der Waals surface area (Å²) in [5.74, 6) is -0.663. The molecule has 1 aromatic heterocycles. The average molecular weight is 307 g/mol. The summed E-state index contributed by atoms with van der Waals surface area (Å²) in [5.41, 5.74) is 0.925. The summed E-state index contributed by atoms with van der Waals surface area (Å²) >= 11 is 1.47. The molecule has 5 heteroatoms. The van der Waals surface area contributed by atoms with E-state index in [9.17, 15) is 9.18 Å². The second-order valence-electron chi connectivity index (χ2n) is 5.28. The smallest absolute Gasteiger partial charge is 0.358 e. The number of aryl methyl sites for hydroxylation is 1. The third-order valence-electron chi connectivity index (χ3n) is 3.37. The minimum Gasteiger partial charge on any atom is -0.461 e. The third kappa shape index (κ3) is 3.13. The summed E-state index contributed by atoms with van der Waals surface area (Å²) in [5, 5.41) is 0.815. The van der Waals surface area contributed by atoms with Gasteiger partial charge in [0.15, 0.2) is 5.69 Å². The van der Waals surface area contributed by atoms with Crippen molar-refractivity contribution in [1.82, 2.24) is 4.98 Å². The largest absolute Gasteiger partial charge is 0.461 e. The van der Waals surface area contributed by atoms with E-state index in [1.54, 1.807) is 19.1 Å². The van der Waals surface area contributed by atoms with E-state index >= 15 is 0 Å². The molecule has 0 aliphatic heterocycles. The Hall–Kier alpha value is -1.75. The van der Waals surface area contributed by atoms with Crippen molar-refractivity contribution >= 4 is 17.3 Å². The van der Waals surface area contributed by atoms with Crippen molar-refractivity contribution in [3.63, 3.8) is 0 Å². The van der Waals surface area contributed by atoms with E-state index < -0.39 is 11.4 Å². The average Bonchev–Trinajstić information content (AvgIpc) is 2.82. The van der Waals surface area contributed by atoms with Crippen molar-refractivity contribution in [1.29, 1.82) is 0 Å². The summed E-state index contributed by atoms with van der Waals surface area (Å²) in [6, 6.07) is 6.36. The van der Waals surface area contributed by atoms with Crippen LogP contribution in [0.25, 0.3) is 0 Å². The van der Waals surface area contributed by atoms with Gasteiger partial charge in [-0.25, -0.2) is 14.2 Å². The minimum atomic E-state index is -0.396. The first-order valence-electron chi connectivity index (χ1n) is 6.77. The molecule has 0 saturated carbocycles. The molecule has 0 aliphatic rings. The standard InChI is InChI=1S/C16H18FNO2S/c1-5-20-14(19)13-10(2)21-15(18-13)16(3,4)11-6-8-12(17)9-7-11/h6-9H,5H2,1-4H3. The van der Waals surface area contributed by atoms with E-state index in [1.165, 1.54) is 23.5 Å². The number of benzene rings is 1. The number of hydrogen-bond donors (Lipinski definition) is 0. The molecular weight excluding hydrogens is 289 g/mol. The quantitative estimate of drug-likeness (QED) is 0.799. The summed E-state index contributed by atoms with van der Waals surface area (Å²) < 4.78 is 18.1. The molecule has 0 aliphatic carbocycles. The van der Waals surface area contributed by atoms with Gasteiger partial charge in [-0.3, -0.25) is 0 Å². The van der Waals surface area contributed by atoms with E-state index in [4.69, 9.17) is 4.74 Å². The fraction of sp³-hybridized carbons (Fsp3) is 0.375. The van der Waals surface area contributed by atoms with Crippen LogP contribution in [0.2, 0.25) is 0 Å². The van der Waals surface area contributed by atoms with E-state index in [-0.39, 0.29) is 5.82 Å². The van der Waals surface area contributed by atoms with Gasteiger partial charge < -0.3 is 4.74 Å².